The van der Waals surface area contributed by atoms with Crippen molar-refractivity contribution in [3.05, 3.63) is 11.6 Å². The van der Waals surface area contributed by atoms with E-state index < -0.39 is 0 Å². The zero-order chi connectivity index (χ0) is 12.8. The summed E-state index contributed by atoms with van der Waals surface area (Å²) in [6, 6.07) is 0.536. The van der Waals surface area contributed by atoms with Crippen LogP contribution in [-0.4, -0.2) is 41.3 Å². The summed E-state index contributed by atoms with van der Waals surface area (Å²) in [6.45, 7) is 0.744. The number of rotatable bonds is 6. The second-order valence-corrected chi connectivity index (χ2v) is 6.66. The molecule has 1 N–H and O–H groups in total. The fraction of sp³-hybridized carbons (Fsp3) is 0.667. The van der Waals surface area contributed by atoms with Crippen LogP contribution in [0.5, 0.6) is 0 Å². The summed E-state index contributed by atoms with van der Waals surface area (Å²) in [7, 11) is 1.89. The van der Waals surface area contributed by atoms with Crippen molar-refractivity contribution in [3.63, 3.8) is 0 Å². The lowest BCUT2D eigenvalue weighted by molar-refractivity contribution is 0.158. The molecule has 1 aromatic heterocycles. The van der Waals surface area contributed by atoms with Gasteiger partial charge >= 0.3 is 6.03 Å². The highest BCUT2D eigenvalue weighted by molar-refractivity contribution is 8.00. The summed E-state index contributed by atoms with van der Waals surface area (Å²) in [5, 5.41) is 4.95. The Morgan fingerprint density at radius 2 is 2.50 bits per heavy atom. The molecule has 1 aliphatic carbocycles. The summed E-state index contributed by atoms with van der Waals surface area (Å²) in [5.74, 6) is 1.00. The second kappa shape index (κ2) is 6.99. The first-order valence-electron chi connectivity index (χ1n) is 6.30. The number of aromatic nitrogens is 1. The van der Waals surface area contributed by atoms with Gasteiger partial charge in [0.2, 0.25) is 0 Å². The van der Waals surface area contributed by atoms with E-state index in [0.717, 1.165) is 35.9 Å². The average molecular weight is 285 g/mol. The molecule has 2 rings (SSSR count). The van der Waals surface area contributed by atoms with Gasteiger partial charge in [-0.1, -0.05) is 11.8 Å². The monoisotopic (exact) mass is 285 g/mol. The maximum Gasteiger partial charge on any atom is 0.317 e. The number of thiazole rings is 1. The van der Waals surface area contributed by atoms with E-state index in [-0.39, 0.29) is 6.03 Å². The average Bonchev–Trinajstić information content (AvgIpc) is 2.79. The number of hydrogen-bond acceptors (Lipinski definition) is 4. The van der Waals surface area contributed by atoms with Crippen molar-refractivity contribution < 1.29 is 4.79 Å². The summed E-state index contributed by atoms with van der Waals surface area (Å²) >= 11 is 3.41. The molecule has 18 heavy (non-hydrogen) atoms. The third kappa shape index (κ3) is 3.88. The molecule has 0 unspecified atom stereocenters. The van der Waals surface area contributed by atoms with Gasteiger partial charge in [-0.15, -0.1) is 11.3 Å². The first-order valence-corrected chi connectivity index (χ1v) is 8.17. The van der Waals surface area contributed by atoms with Crippen LogP contribution >= 0.6 is 23.1 Å². The largest absolute Gasteiger partial charge is 0.338 e. The third-order valence-electron chi connectivity index (χ3n) is 3.18. The minimum absolute atomic E-state index is 0.0685. The second-order valence-electron chi connectivity index (χ2n) is 4.43. The van der Waals surface area contributed by atoms with Crippen LogP contribution in [0.1, 0.15) is 25.7 Å². The Balaban J connectivity index is 1.53. The van der Waals surface area contributed by atoms with Crippen LogP contribution in [0.3, 0.4) is 0 Å². The topological polar surface area (TPSA) is 45.2 Å². The number of amides is 2. The van der Waals surface area contributed by atoms with Crippen LogP contribution in [0.4, 0.5) is 4.79 Å². The Kier molecular flexibility index (Phi) is 5.31. The lowest BCUT2D eigenvalue weighted by Crippen LogP contribution is -2.46. The van der Waals surface area contributed by atoms with E-state index in [9.17, 15) is 4.79 Å². The zero-order valence-corrected chi connectivity index (χ0v) is 12.2. The van der Waals surface area contributed by atoms with Crippen LogP contribution < -0.4 is 5.32 Å². The number of nitrogens with zero attached hydrogens (tertiary/aromatic N) is 2. The molecule has 0 bridgehead atoms. The van der Waals surface area contributed by atoms with Gasteiger partial charge in [0, 0.05) is 37.0 Å². The highest BCUT2D eigenvalue weighted by Crippen LogP contribution is 2.23. The Morgan fingerprint density at radius 3 is 3.11 bits per heavy atom. The Hall–Kier alpha value is -0.750. The van der Waals surface area contributed by atoms with E-state index >= 15 is 0 Å². The van der Waals surface area contributed by atoms with Crippen molar-refractivity contribution in [1.29, 1.82) is 0 Å². The molecule has 1 heterocycles. The SMILES string of the molecule is CN(C(=O)NCCCSc1nccs1)C1CCC1. The molecule has 1 fully saturated rings. The summed E-state index contributed by atoms with van der Waals surface area (Å²) in [5.41, 5.74) is 0. The van der Waals surface area contributed by atoms with Crippen molar-refractivity contribution in [2.75, 3.05) is 19.3 Å². The summed E-state index contributed by atoms with van der Waals surface area (Å²) < 4.78 is 1.10. The molecule has 0 spiro atoms. The van der Waals surface area contributed by atoms with Crippen LogP contribution in [0.25, 0.3) is 0 Å². The molecule has 0 saturated heterocycles. The van der Waals surface area contributed by atoms with Gasteiger partial charge in [-0.05, 0) is 25.7 Å². The lowest BCUT2D eigenvalue weighted by atomic mass is 9.92. The molecule has 1 aliphatic rings. The van der Waals surface area contributed by atoms with Gasteiger partial charge in [0.15, 0.2) is 0 Å². The molecule has 1 saturated carbocycles. The number of urea groups is 1. The van der Waals surface area contributed by atoms with Gasteiger partial charge in [0.1, 0.15) is 4.34 Å². The van der Waals surface area contributed by atoms with Crippen LogP contribution in [0.15, 0.2) is 15.9 Å². The molecular formula is C12H19N3OS2. The summed E-state index contributed by atoms with van der Waals surface area (Å²) in [6.07, 6.45) is 6.37. The zero-order valence-electron chi connectivity index (χ0n) is 10.6. The van der Waals surface area contributed by atoms with E-state index in [0.29, 0.717) is 6.04 Å². The molecule has 0 radical (unpaired) electrons. The predicted molar refractivity (Wildman–Crippen MR) is 76.3 cm³/mol. The predicted octanol–water partition coefficient (Wildman–Crippen LogP) is 2.82. The molecule has 0 aromatic carbocycles. The molecule has 0 atom stereocenters. The van der Waals surface area contributed by atoms with Crippen molar-refractivity contribution in [3.8, 4) is 0 Å². The quantitative estimate of drug-likeness (QED) is 0.646. The Morgan fingerprint density at radius 1 is 1.67 bits per heavy atom. The lowest BCUT2D eigenvalue weighted by Gasteiger charge is -2.34. The third-order valence-corrected chi connectivity index (χ3v) is 5.23. The van der Waals surface area contributed by atoms with E-state index in [2.05, 4.69) is 10.3 Å². The molecule has 2 amide bonds. The molecule has 4 nitrogen and oxygen atoms in total. The van der Waals surface area contributed by atoms with Gasteiger partial charge in [-0.3, -0.25) is 0 Å². The fourth-order valence-electron chi connectivity index (χ4n) is 1.77. The standard InChI is InChI=1S/C12H19N3OS2/c1-15(10-4-2-5-10)11(16)13-6-3-8-17-12-14-7-9-18-12/h7,9-10H,2-6,8H2,1H3,(H,13,16). The van der Waals surface area contributed by atoms with E-state index in [1.54, 1.807) is 23.1 Å². The number of carbonyl (C=O) groups is 1. The van der Waals surface area contributed by atoms with Gasteiger partial charge in [0.05, 0.1) is 0 Å². The van der Waals surface area contributed by atoms with Gasteiger partial charge < -0.3 is 10.2 Å². The van der Waals surface area contributed by atoms with Crippen molar-refractivity contribution in [1.82, 2.24) is 15.2 Å². The highest BCUT2D eigenvalue weighted by Gasteiger charge is 2.25. The van der Waals surface area contributed by atoms with E-state index in [1.807, 2.05) is 23.5 Å². The van der Waals surface area contributed by atoms with Crippen LogP contribution in [0.2, 0.25) is 0 Å². The van der Waals surface area contributed by atoms with E-state index in [4.69, 9.17) is 0 Å². The first-order chi connectivity index (χ1) is 8.77. The smallest absolute Gasteiger partial charge is 0.317 e. The maximum absolute atomic E-state index is 11.8. The summed E-state index contributed by atoms with van der Waals surface area (Å²) in [4.78, 5) is 17.8. The molecule has 0 aliphatic heterocycles. The van der Waals surface area contributed by atoms with Gasteiger partial charge in [-0.25, -0.2) is 9.78 Å². The number of hydrogen-bond donors (Lipinski definition) is 1. The van der Waals surface area contributed by atoms with Crippen molar-refractivity contribution in [2.24, 2.45) is 0 Å². The van der Waals surface area contributed by atoms with Crippen molar-refractivity contribution in [2.45, 2.75) is 36.1 Å². The number of thioether (sulfide) groups is 1. The van der Waals surface area contributed by atoms with Crippen molar-refractivity contribution >= 4 is 29.1 Å². The van der Waals surface area contributed by atoms with Gasteiger partial charge in [0.25, 0.3) is 0 Å². The number of nitrogens with one attached hydrogen (secondary N) is 1. The Labute approximate surface area is 116 Å². The van der Waals surface area contributed by atoms with Gasteiger partial charge in [-0.2, -0.15) is 0 Å². The normalized spacial score (nSPS) is 15.2. The first kappa shape index (κ1) is 13.7. The Bertz CT molecular complexity index is 365. The molecule has 6 heteroatoms. The van der Waals surface area contributed by atoms with Crippen LogP contribution in [-0.2, 0) is 0 Å². The minimum atomic E-state index is 0.0685. The fourth-order valence-corrected chi connectivity index (χ4v) is 3.42. The molecule has 1 aromatic rings. The van der Waals surface area contributed by atoms with E-state index in [1.165, 1.54) is 6.42 Å². The van der Waals surface area contributed by atoms with Crippen LogP contribution in [0, 0.1) is 0 Å². The molecule has 100 valence electrons. The minimum Gasteiger partial charge on any atom is -0.338 e. The maximum atomic E-state index is 11.8. The highest BCUT2D eigenvalue weighted by atomic mass is 32.2. The molecular weight excluding hydrogens is 266 g/mol. The number of carbonyl (C=O) groups excluding carboxylic acids is 1.